The Morgan fingerprint density at radius 1 is 0.443 bits per heavy atom. The van der Waals surface area contributed by atoms with E-state index in [1.807, 2.05) is 12.2 Å². The van der Waals surface area contributed by atoms with Crippen molar-refractivity contribution in [3.63, 3.8) is 0 Å². The first-order valence-electron chi connectivity index (χ1n) is 30.2. The maximum absolute atomic E-state index is 13.2. The fraction of sp³-hybridized carbons (Fsp3) is 0.612. The van der Waals surface area contributed by atoms with Gasteiger partial charge in [-0.25, -0.2) is 4.79 Å². The summed E-state index contributed by atoms with van der Waals surface area (Å²) in [4.78, 5) is 51.1. The van der Waals surface area contributed by atoms with Gasteiger partial charge in [0.15, 0.2) is 24.6 Å². The Bertz CT molecular complexity index is 1880. The van der Waals surface area contributed by atoms with E-state index in [4.69, 9.17) is 23.7 Å². The minimum atomic E-state index is -1.95. The summed E-state index contributed by atoms with van der Waals surface area (Å²) < 4.78 is 28.3. The van der Waals surface area contributed by atoms with Gasteiger partial charge in [0.25, 0.3) is 0 Å². The number of hydrogen-bond donors (Lipinski definition) is 3. The zero-order chi connectivity index (χ0) is 57.5. The van der Waals surface area contributed by atoms with Crippen LogP contribution in [0.25, 0.3) is 0 Å². The third-order valence-electron chi connectivity index (χ3n) is 12.7. The average molecular weight is 1100 g/mol. The molecule has 0 saturated carbocycles. The summed E-state index contributed by atoms with van der Waals surface area (Å²) >= 11 is 0. The number of carboxylic acids is 1. The molecule has 0 radical (unpaired) electrons. The highest BCUT2D eigenvalue weighted by Gasteiger charge is 2.50. The molecule has 12 heteroatoms. The number of aliphatic hydroxyl groups is 2. The van der Waals surface area contributed by atoms with Gasteiger partial charge in [-0.1, -0.05) is 212 Å². The molecule has 0 aromatic rings. The summed E-state index contributed by atoms with van der Waals surface area (Å²) in [6.45, 7) is 5.67. The van der Waals surface area contributed by atoms with Crippen LogP contribution in [0.4, 0.5) is 0 Å². The lowest BCUT2D eigenvalue weighted by atomic mass is 9.98. The molecule has 12 nitrogen and oxygen atoms in total. The SMILES string of the molecule is CC/C=C\C/C=C\C/C=C\C/C=C\C/C=C\CCCCCC(=O)OCC(COC1OC(C(=O)O)C(O)C(O)C1OC(=O)C/C=C\C/C=C\C/C=C\C/C=C\C/C=C\CC)OC(=O)CCCCCCC/C=C\CCCCCCCC. The minimum absolute atomic E-state index is 0.127. The lowest BCUT2D eigenvalue weighted by molar-refractivity contribution is -0.301. The molecule has 0 aromatic heterocycles. The first kappa shape index (κ1) is 71.9. The summed E-state index contributed by atoms with van der Waals surface area (Å²) in [7, 11) is 0. The van der Waals surface area contributed by atoms with Gasteiger partial charge in [0.2, 0.25) is 0 Å². The zero-order valence-corrected chi connectivity index (χ0v) is 48.8. The zero-order valence-electron chi connectivity index (χ0n) is 48.8. The smallest absolute Gasteiger partial charge is 0.335 e. The van der Waals surface area contributed by atoms with Crippen LogP contribution in [0.5, 0.6) is 0 Å². The van der Waals surface area contributed by atoms with Gasteiger partial charge in [-0.05, 0) is 116 Å². The van der Waals surface area contributed by atoms with Crippen LogP contribution in [0.15, 0.2) is 134 Å². The third kappa shape index (κ3) is 43.4. The molecule has 1 rings (SSSR count). The second-order valence-electron chi connectivity index (χ2n) is 19.9. The number of ether oxygens (including phenoxy) is 5. The molecule has 444 valence electrons. The Hall–Kier alpha value is -5.14. The summed E-state index contributed by atoms with van der Waals surface area (Å²) in [5.41, 5.74) is 0. The van der Waals surface area contributed by atoms with Crippen molar-refractivity contribution in [1.29, 1.82) is 0 Å². The van der Waals surface area contributed by atoms with Crippen molar-refractivity contribution in [3.8, 4) is 0 Å². The fourth-order valence-corrected chi connectivity index (χ4v) is 8.17. The van der Waals surface area contributed by atoms with E-state index in [2.05, 4.69) is 130 Å². The van der Waals surface area contributed by atoms with E-state index < -0.39 is 67.3 Å². The number of aliphatic carboxylic acids is 1. The number of hydrogen-bond acceptors (Lipinski definition) is 11. The van der Waals surface area contributed by atoms with Crippen molar-refractivity contribution in [1.82, 2.24) is 0 Å². The van der Waals surface area contributed by atoms with Gasteiger partial charge in [0.05, 0.1) is 13.0 Å². The molecule has 1 aliphatic rings. The highest BCUT2D eigenvalue weighted by atomic mass is 16.7. The highest BCUT2D eigenvalue weighted by Crippen LogP contribution is 2.26. The van der Waals surface area contributed by atoms with Crippen molar-refractivity contribution < 1.29 is 58.2 Å². The maximum atomic E-state index is 13.2. The largest absolute Gasteiger partial charge is 0.479 e. The molecule has 1 fully saturated rings. The van der Waals surface area contributed by atoms with Gasteiger partial charge in [0.1, 0.15) is 18.8 Å². The number of unbranched alkanes of at least 4 members (excludes halogenated alkanes) is 14. The number of allylic oxidation sites excluding steroid dienone is 21. The predicted molar refractivity (Wildman–Crippen MR) is 321 cm³/mol. The lowest BCUT2D eigenvalue weighted by Crippen LogP contribution is -2.61. The molecule has 0 spiro atoms. The Balaban J connectivity index is 2.77. The van der Waals surface area contributed by atoms with E-state index in [1.165, 1.54) is 38.5 Å². The Kier molecular flexibility index (Phi) is 48.7. The first-order valence-corrected chi connectivity index (χ1v) is 30.2. The summed E-state index contributed by atoms with van der Waals surface area (Å²) in [5, 5.41) is 31.5. The Labute approximate surface area is 477 Å². The van der Waals surface area contributed by atoms with E-state index in [0.29, 0.717) is 19.3 Å². The van der Waals surface area contributed by atoms with E-state index >= 15 is 0 Å². The quantitative estimate of drug-likeness (QED) is 0.0228. The molecule has 1 aliphatic heterocycles. The fourth-order valence-electron chi connectivity index (χ4n) is 8.17. The van der Waals surface area contributed by atoms with Crippen LogP contribution >= 0.6 is 0 Å². The van der Waals surface area contributed by atoms with Crippen molar-refractivity contribution >= 4 is 23.9 Å². The van der Waals surface area contributed by atoms with Crippen molar-refractivity contribution in [2.45, 2.75) is 250 Å². The number of esters is 3. The molecule has 3 N–H and O–H groups in total. The van der Waals surface area contributed by atoms with Gasteiger partial charge < -0.3 is 39.0 Å². The molecule has 6 atom stereocenters. The molecular weight excluding hydrogens is 997 g/mol. The van der Waals surface area contributed by atoms with E-state index in [1.54, 1.807) is 12.2 Å². The van der Waals surface area contributed by atoms with Crippen LogP contribution in [-0.2, 0) is 42.9 Å². The van der Waals surface area contributed by atoms with Crippen LogP contribution < -0.4 is 0 Å². The van der Waals surface area contributed by atoms with Crippen LogP contribution in [0.2, 0.25) is 0 Å². The van der Waals surface area contributed by atoms with E-state index in [-0.39, 0.29) is 25.9 Å². The Morgan fingerprint density at radius 3 is 1.30 bits per heavy atom. The topological polar surface area (TPSA) is 175 Å². The second-order valence-corrected chi connectivity index (χ2v) is 19.9. The summed E-state index contributed by atoms with van der Waals surface area (Å²) in [6.07, 6.45) is 63.0. The Morgan fingerprint density at radius 2 is 0.835 bits per heavy atom. The minimum Gasteiger partial charge on any atom is -0.479 e. The van der Waals surface area contributed by atoms with Gasteiger partial charge >= 0.3 is 23.9 Å². The van der Waals surface area contributed by atoms with Gasteiger partial charge in [-0.15, -0.1) is 0 Å². The summed E-state index contributed by atoms with van der Waals surface area (Å²) in [6, 6.07) is 0. The molecule has 79 heavy (non-hydrogen) atoms. The van der Waals surface area contributed by atoms with Gasteiger partial charge in [-0.3, -0.25) is 14.4 Å². The first-order chi connectivity index (χ1) is 38.6. The average Bonchev–Trinajstić information content (AvgIpc) is 3.46. The lowest BCUT2D eigenvalue weighted by Gasteiger charge is -2.40. The van der Waals surface area contributed by atoms with E-state index in [9.17, 15) is 34.5 Å². The van der Waals surface area contributed by atoms with Gasteiger partial charge in [-0.2, -0.15) is 0 Å². The molecule has 0 aromatic carbocycles. The van der Waals surface area contributed by atoms with Crippen LogP contribution in [0.1, 0.15) is 213 Å². The molecule has 0 bridgehead atoms. The molecule has 1 heterocycles. The normalized spacial score (nSPS) is 18.8. The van der Waals surface area contributed by atoms with Crippen LogP contribution in [-0.4, -0.2) is 89.2 Å². The number of rotatable bonds is 49. The van der Waals surface area contributed by atoms with Crippen LogP contribution in [0, 0.1) is 0 Å². The number of carbonyl (C=O) groups excluding carboxylic acids is 3. The van der Waals surface area contributed by atoms with Crippen molar-refractivity contribution in [2.24, 2.45) is 0 Å². The number of carboxylic acid groups (broad SMARTS) is 1. The molecule has 1 saturated heterocycles. The van der Waals surface area contributed by atoms with Crippen molar-refractivity contribution in [2.75, 3.05) is 13.2 Å². The predicted octanol–water partition coefficient (Wildman–Crippen LogP) is 15.8. The third-order valence-corrected chi connectivity index (χ3v) is 12.7. The summed E-state index contributed by atoms with van der Waals surface area (Å²) in [5.74, 6) is -3.36. The highest BCUT2D eigenvalue weighted by molar-refractivity contribution is 5.74. The van der Waals surface area contributed by atoms with Gasteiger partial charge in [0, 0.05) is 12.8 Å². The molecule has 0 amide bonds. The van der Waals surface area contributed by atoms with E-state index in [0.717, 1.165) is 116 Å². The number of aliphatic hydroxyl groups excluding tert-OH is 2. The monoisotopic (exact) mass is 1100 g/mol. The second kappa shape index (κ2) is 53.5. The maximum Gasteiger partial charge on any atom is 0.335 e. The van der Waals surface area contributed by atoms with Crippen molar-refractivity contribution in [3.05, 3.63) is 134 Å². The molecular formula is C67H104O12. The molecule has 0 aliphatic carbocycles. The molecule has 6 unspecified atom stereocenters. The number of carbonyl (C=O) groups is 4. The standard InChI is InChI=1S/C67H104O12/c1-4-7-10-13-16-19-22-25-28-29-30-31-34-35-38-41-44-47-50-53-59(68)75-56-58(77-60(69)54-51-48-45-42-39-36-32-26-23-20-17-14-11-8-5-2)57-76-67-65(63(72)62(71)64(79-67)66(73)74)78-61(70)55-52-49-46-43-40-37-33-27-24-21-18-15-12-9-6-3/h7,9-10,12,16,18-19,21,25-28,30-33,35,38,40,43,49,52,58,62-65,67,71-72H,4-6,8,11,13-15,17,20,22-24,29,34,36-37,39,41-42,44-48,50-51,53-57H2,1-3H3,(H,73,74)/b10-7-,12-9-,19-16-,21-18-,28-25-,31-30-,32-26-,33-27-,38-35-,43-40-,52-49-. The van der Waals surface area contributed by atoms with Crippen LogP contribution in [0.3, 0.4) is 0 Å².